The molecule has 23 heavy (non-hydrogen) atoms. The number of nitro groups is 1. The molecule has 2 rings (SSSR count). The Balaban J connectivity index is 2.35. The molecular formula is C15H19N5O3. The van der Waals surface area contributed by atoms with Crippen LogP contribution in [0.2, 0.25) is 0 Å². The summed E-state index contributed by atoms with van der Waals surface area (Å²) in [6.45, 7) is 4.71. The van der Waals surface area contributed by atoms with E-state index in [9.17, 15) is 10.1 Å². The molecule has 0 fully saturated rings. The Morgan fingerprint density at radius 3 is 2.70 bits per heavy atom. The first kappa shape index (κ1) is 16.6. The van der Waals surface area contributed by atoms with E-state index in [1.807, 2.05) is 32.0 Å². The number of methoxy groups -OCH3 is 1. The Hall–Kier alpha value is -2.74. The summed E-state index contributed by atoms with van der Waals surface area (Å²) in [5.41, 5.74) is 2.60. The van der Waals surface area contributed by atoms with Gasteiger partial charge in [0.05, 0.1) is 11.5 Å². The summed E-state index contributed by atoms with van der Waals surface area (Å²) in [6, 6.07) is 5.84. The van der Waals surface area contributed by atoms with Crippen molar-refractivity contribution in [3.63, 3.8) is 0 Å². The Kier molecular flexibility index (Phi) is 5.42. The van der Waals surface area contributed by atoms with Gasteiger partial charge >= 0.3 is 5.69 Å². The monoisotopic (exact) mass is 317 g/mol. The van der Waals surface area contributed by atoms with E-state index in [-0.39, 0.29) is 17.3 Å². The Morgan fingerprint density at radius 2 is 2.00 bits per heavy atom. The first-order valence-electron chi connectivity index (χ1n) is 7.09. The third kappa shape index (κ3) is 4.13. The van der Waals surface area contributed by atoms with Crippen molar-refractivity contribution < 1.29 is 9.66 Å². The molecule has 122 valence electrons. The fourth-order valence-corrected chi connectivity index (χ4v) is 2.04. The first-order valence-corrected chi connectivity index (χ1v) is 7.09. The minimum absolute atomic E-state index is 0.151. The summed E-state index contributed by atoms with van der Waals surface area (Å²) >= 11 is 0. The summed E-state index contributed by atoms with van der Waals surface area (Å²) in [5, 5.41) is 17.4. The normalized spacial score (nSPS) is 10.4. The SMILES string of the molecule is COCCNc1ncnc(Nc2cc(C)ccc2C)c1[N+](=O)[O-]. The van der Waals surface area contributed by atoms with Crippen molar-refractivity contribution in [2.45, 2.75) is 13.8 Å². The number of hydrogen-bond acceptors (Lipinski definition) is 7. The van der Waals surface area contributed by atoms with E-state index in [0.717, 1.165) is 16.8 Å². The van der Waals surface area contributed by atoms with Crippen LogP contribution in [0, 0.1) is 24.0 Å². The molecule has 0 unspecified atom stereocenters. The lowest BCUT2D eigenvalue weighted by Gasteiger charge is -2.12. The molecule has 2 N–H and O–H groups in total. The highest BCUT2D eigenvalue weighted by atomic mass is 16.6. The van der Waals surface area contributed by atoms with E-state index >= 15 is 0 Å². The lowest BCUT2D eigenvalue weighted by Crippen LogP contribution is -2.12. The van der Waals surface area contributed by atoms with Crippen LogP contribution in [0.3, 0.4) is 0 Å². The molecule has 0 radical (unpaired) electrons. The lowest BCUT2D eigenvalue weighted by atomic mass is 10.1. The number of benzene rings is 1. The maximum atomic E-state index is 11.4. The summed E-state index contributed by atoms with van der Waals surface area (Å²) in [5.74, 6) is 0.313. The number of nitrogens with zero attached hydrogens (tertiary/aromatic N) is 3. The fraction of sp³-hybridized carbons (Fsp3) is 0.333. The highest BCUT2D eigenvalue weighted by Crippen LogP contribution is 2.32. The number of hydrogen-bond donors (Lipinski definition) is 2. The van der Waals surface area contributed by atoms with Gasteiger partial charge in [-0.1, -0.05) is 12.1 Å². The molecule has 8 heteroatoms. The zero-order valence-electron chi connectivity index (χ0n) is 13.3. The van der Waals surface area contributed by atoms with Crippen molar-refractivity contribution >= 4 is 23.0 Å². The van der Waals surface area contributed by atoms with Crippen molar-refractivity contribution in [1.82, 2.24) is 9.97 Å². The fourth-order valence-electron chi connectivity index (χ4n) is 2.04. The Labute approximate surface area is 134 Å². The molecule has 1 aromatic carbocycles. The van der Waals surface area contributed by atoms with E-state index in [0.29, 0.717) is 13.2 Å². The summed E-state index contributed by atoms with van der Waals surface area (Å²) < 4.78 is 4.93. The molecule has 0 amide bonds. The van der Waals surface area contributed by atoms with Crippen LogP contribution in [0.15, 0.2) is 24.5 Å². The lowest BCUT2D eigenvalue weighted by molar-refractivity contribution is -0.383. The van der Waals surface area contributed by atoms with Gasteiger partial charge in [0.2, 0.25) is 11.6 Å². The number of aryl methyl sites for hydroxylation is 2. The smallest absolute Gasteiger partial charge is 0.353 e. The average Bonchev–Trinajstić information content (AvgIpc) is 2.51. The Morgan fingerprint density at radius 1 is 1.26 bits per heavy atom. The summed E-state index contributed by atoms with van der Waals surface area (Å²) in [6.07, 6.45) is 1.29. The molecule has 0 aliphatic rings. The zero-order valence-corrected chi connectivity index (χ0v) is 13.3. The number of nitrogens with one attached hydrogen (secondary N) is 2. The molecule has 1 aromatic heterocycles. The molecule has 0 bridgehead atoms. The highest BCUT2D eigenvalue weighted by molar-refractivity contribution is 5.74. The van der Waals surface area contributed by atoms with Crippen molar-refractivity contribution in [2.75, 3.05) is 30.9 Å². The summed E-state index contributed by atoms with van der Waals surface area (Å²) in [7, 11) is 1.56. The van der Waals surface area contributed by atoms with E-state index < -0.39 is 4.92 Å². The van der Waals surface area contributed by atoms with Crippen LogP contribution in [-0.2, 0) is 4.74 Å². The van der Waals surface area contributed by atoms with Gasteiger partial charge in [0, 0.05) is 19.3 Å². The van der Waals surface area contributed by atoms with Gasteiger partial charge in [0.1, 0.15) is 6.33 Å². The van der Waals surface area contributed by atoms with Crippen molar-refractivity contribution in [3.8, 4) is 0 Å². The maximum Gasteiger partial charge on any atom is 0.353 e. The maximum absolute atomic E-state index is 11.4. The van der Waals surface area contributed by atoms with Gasteiger partial charge in [-0.2, -0.15) is 0 Å². The number of ether oxygens (including phenoxy) is 1. The molecule has 0 saturated carbocycles. The van der Waals surface area contributed by atoms with Crippen molar-refractivity contribution in [2.24, 2.45) is 0 Å². The second-order valence-corrected chi connectivity index (χ2v) is 5.04. The minimum atomic E-state index is -0.497. The van der Waals surface area contributed by atoms with Crippen LogP contribution < -0.4 is 10.6 Å². The van der Waals surface area contributed by atoms with Gasteiger partial charge in [0.15, 0.2) is 0 Å². The standard InChI is InChI=1S/C15H19N5O3/c1-10-4-5-11(2)12(8-10)19-15-13(20(21)22)14(17-9-18-15)16-6-7-23-3/h4-5,8-9H,6-7H2,1-3H3,(H2,16,17,18,19). The predicted molar refractivity (Wildman–Crippen MR) is 88.3 cm³/mol. The zero-order chi connectivity index (χ0) is 16.8. The van der Waals surface area contributed by atoms with E-state index in [1.165, 1.54) is 6.33 Å². The van der Waals surface area contributed by atoms with Crippen molar-refractivity contribution in [1.29, 1.82) is 0 Å². The molecule has 0 spiro atoms. The second-order valence-electron chi connectivity index (χ2n) is 5.04. The minimum Gasteiger partial charge on any atom is -0.383 e. The van der Waals surface area contributed by atoms with E-state index in [2.05, 4.69) is 20.6 Å². The molecule has 0 aliphatic heterocycles. The largest absolute Gasteiger partial charge is 0.383 e. The van der Waals surface area contributed by atoms with Gasteiger partial charge in [-0.25, -0.2) is 9.97 Å². The van der Waals surface area contributed by atoms with Crippen LogP contribution in [0.1, 0.15) is 11.1 Å². The predicted octanol–water partition coefficient (Wildman–Crippen LogP) is 2.80. The molecular weight excluding hydrogens is 298 g/mol. The van der Waals surface area contributed by atoms with E-state index in [4.69, 9.17) is 4.74 Å². The quantitative estimate of drug-likeness (QED) is 0.460. The number of rotatable bonds is 7. The third-order valence-electron chi connectivity index (χ3n) is 3.25. The van der Waals surface area contributed by atoms with Crippen LogP contribution in [-0.4, -0.2) is 35.2 Å². The van der Waals surface area contributed by atoms with Crippen LogP contribution >= 0.6 is 0 Å². The van der Waals surface area contributed by atoms with Gasteiger partial charge in [-0.15, -0.1) is 0 Å². The summed E-state index contributed by atoms with van der Waals surface area (Å²) in [4.78, 5) is 18.9. The third-order valence-corrected chi connectivity index (χ3v) is 3.25. The average molecular weight is 317 g/mol. The van der Waals surface area contributed by atoms with E-state index in [1.54, 1.807) is 7.11 Å². The van der Waals surface area contributed by atoms with Gasteiger partial charge in [-0.05, 0) is 31.0 Å². The number of anilines is 3. The number of aromatic nitrogens is 2. The molecule has 8 nitrogen and oxygen atoms in total. The Bertz CT molecular complexity index is 706. The van der Waals surface area contributed by atoms with Gasteiger partial charge < -0.3 is 15.4 Å². The van der Waals surface area contributed by atoms with Gasteiger partial charge in [-0.3, -0.25) is 10.1 Å². The van der Waals surface area contributed by atoms with Crippen LogP contribution in [0.25, 0.3) is 0 Å². The van der Waals surface area contributed by atoms with Crippen LogP contribution in [0.4, 0.5) is 23.0 Å². The second kappa shape index (κ2) is 7.50. The highest BCUT2D eigenvalue weighted by Gasteiger charge is 2.23. The van der Waals surface area contributed by atoms with Gasteiger partial charge in [0.25, 0.3) is 0 Å². The molecule has 0 aliphatic carbocycles. The molecule has 0 atom stereocenters. The molecule has 2 aromatic rings. The first-order chi connectivity index (χ1) is 11.0. The van der Waals surface area contributed by atoms with Crippen molar-refractivity contribution in [3.05, 3.63) is 45.8 Å². The van der Waals surface area contributed by atoms with Crippen LogP contribution in [0.5, 0.6) is 0 Å². The topological polar surface area (TPSA) is 102 Å². The molecule has 0 saturated heterocycles. The molecule has 1 heterocycles.